The molecule has 0 bridgehead atoms. The highest BCUT2D eigenvalue weighted by Crippen LogP contribution is 2.22. The Balaban J connectivity index is 1.44. The number of anilines is 2. The summed E-state index contributed by atoms with van der Waals surface area (Å²) < 4.78 is 1.49. The molecule has 1 aliphatic rings. The SMILES string of the molecule is C#Cc1ccc(NC(=O)N2C[C@H](O)C[C@@H]2C(=O)Nc2ccc(-n3ccccc3=O)cc2)cc1. The highest BCUT2D eigenvalue weighted by molar-refractivity contribution is 5.99. The second kappa shape index (κ2) is 9.42. The number of pyridine rings is 1. The summed E-state index contributed by atoms with van der Waals surface area (Å²) in [6, 6.07) is 17.1. The Labute approximate surface area is 190 Å². The number of carbonyl (C=O) groups excluding carboxylic acids is 2. The van der Waals surface area contributed by atoms with Crippen molar-refractivity contribution in [2.24, 2.45) is 0 Å². The zero-order valence-corrected chi connectivity index (χ0v) is 17.6. The van der Waals surface area contributed by atoms with E-state index in [4.69, 9.17) is 6.42 Å². The molecule has 33 heavy (non-hydrogen) atoms. The summed E-state index contributed by atoms with van der Waals surface area (Å²) in [7, 11) is 0. The van der Waals surface area contributed by atoms with Crippen molar-refractivity contribution in [1.82, 2.24) is 9.47 Å². The fraction of sp³-hybridized carbons (Fsp3) is 0.160. The molecule has 4 rings (SSSR count). The van der Waals surface area contributed by atoms with Crippen LogP contribution in [0.5, 0.6) is 0 Å². The fourth-order valence-corrected chi connectivity index (χ4v) is 3.70. The number of amides is 3. The van der Waals surface area contributed by atoms with Crippen molar-refractivity contribution in [3.63, 3.8) is 0 Å². The van der Waals surface area contributed by atoms with E-state index in [9.17, 15) is 19.5 Å². The lowest BCUT2D eigenvalue weighted by Crippen LogP contribution is -2.45. The molecule has 0 aliphatic carbocycles. The van der Waals surface area contributed by atoms with E-state index in [1.807, 2.05) is 0 Å². The van der Waals surface area contributed by atoms with Crippen LogP contribution in [-0.2, 0) is 4.79 Å². The first-order chi connectivity index (χ1) is 15.9. The van der Waals surface area contributed by atoms with Gasteiger partial charge in [0.25, 0.3) is 5.56 Å². The number of hydrogen-bond acceptors (Lipinski definition) is 4. The van der Waals surface area contributed by atoms with Gasteiger partial charge in [-0.3, -0.25) is 14.2 Å². The van der Waals surface area contributed by atoms with Gasteiger partial charge in [-0.1, -0.05) is 12.0 Å². The van der Waals surface area contributed by atoms with Crippen LogP contribution in [0.3, 0.4) is 0 Å². The molecule has 0 spiro atoms. The maximum Gasteiger partial charge on any atom is 0.322 e. The van der Waals surface area contributed by atoms with Gasteiger partial charge in [-0.15, -0.1) is 6.42 Å². The minimum atomic E-state index is -0.832. The van der Waals surface area contributed by atoms with Crippen LogP contribution in [0.15, 0.2) is 77.7 Å². The average Bonchev–Trinajstić information content (AvgIpc) is 3.22. The molecule has 2 aromatic carbocycles. The highest BCUT2D eigenvalue weighted by Gasteiger charge is 2.39. The van der Waals surface area contributed by atoms with Crippen LogP contribution in [0.4, 0.5) is 16.2 Å². The van der Waals surface area contributed by atoms with E-state index >= 15 is 0 Å². The Hall–Kier alpha value is -4.35. The molecule has 1 fully saturated rings. The maximum absolute atomic E-state index is 12.9. The van der Waals surface area contributed by atoms with Crippen molar-refractivity contribution < 1.29 is 14.7 Å². The van der Waals surface area contributed by atoms with Crippen molar-refractivity contribution in [3.05, 3.63) is 88.8 Å². The Kier molecular flexibility index (Phi) is 6.24. The Bertz CT molecular complexity index is 1260. The minimum Gasteiger partial charge on any atom is -0.391 e. The second-order valence-electron chi connectivity index (χ2n) is 7.65. The molecule has 8 heteroatoms. The van der Waals surface area contributed by atoms with Crippen LogP contribution in [0.1, 0.15) is 12.0 Å². The summed E-state index contributed by atoms with van der Waals surface area (Å²) in [5.74, 6) is 2.09. The fourth-order valence-electron chi connectivity index (χ4n) is 3.70. The number of urea groups is 1. The molecule has 8 nitrogen and oxygen atoms in total. The number of likely N-dealkylation sites (tertiary alicyclic amines) is 1. The molecule has 0 unspecified atom stereocenters. The first-order valence-electron chi connectivity index (χ1n) is 10.4. The lowest BCUT2D eigenvalue weighted by Gasteiger charge is -2.24. The normalized spacial score (nSPS) is 17.3. The molecule has 3 N–H and O–H groups in total. The third-order valence-corrected chi connectivity index (χ3v) is 5.38. The zero-order valence-electron chi connectivity index (χ0n) is 17.6. The summed E-state index contributed by atoms with van der Waals surface area (Å²) in [5.41, 5.74) is 2.23. The van der Waals surface area contributed by atoms with E-state index in [1.54, 1.807) is 66.9 Å². The van der Waals surface area contributed by atoms with Gasteiger partial charge in [0.2, 0.25) is 5.91 Å². The van der Waals surface area contributed by atoms with E-state index in [0.717, 1.165) is 0 Å². The molecule has 2 atom stereocenters. The summed E-state index contributed by atoms with van der Waals surface area (Å²) in [4.78, 5) is 38.9. The first kappa shape index (κ1) is 21.9. The van der Waals surface area contributed by atoms with Gasteiger partial charge in [0.05, 0.1) is 6.10 Å². The number of aliphatic hydroxyl groups excluding tert-OH is 1. The average molecular weight is 442 g/mol. The Morgan fingerprint density at radius 1 is 0.970 bits per heavy atom. The monoisotopic (exact) mass is 442 g/mol. The van der Waals surface area contributed by atoms with E-state index < -0.39 is 24.1 Å². The van der Waals surface area contributed by atoms with Crippen LogP contribution in [0, 0.1) is 12.3 Å². The van der Waals surface area contributed by atoms with Crippen LogP contribution in [-0.4, -0.2) is 45.2 Å². The van der Waals surface area contributed by atoms with Gasteiger partial charge in [-0.05, 0) is 54.6 Å². The Morgan fingerprint density at radius 3 is 2.30 bits per heavy atom. The molecule has 2 heterocycles. The molecule has 1 aromatic heterocycles. The number of aromatic nitrogens is 1. The van der Waals surface area contributed by atoms with Crippen molar-refractivity contribution in [2.75, 3.05) is 17.2 Å². The van der Waals surface area contributed by atoms with Crippen LogP contribution >= 0.6 is 0 Å². The summed E-state index contributed by atoms with van der Waals surface area (Å²) >= 11 is 0. The van der Waals surface area contributed by atoms with Gasteiger partial charge in [0, 0.05) is 47.9 Å². The van der Waals surface area contributed by atoms with E-state index in [2.05, 4.69) is 16.6 Å². The Morgan fingerprint density at radius 2 is 1.64 bits per heavy atom. The second-order valence-corrected chi connectivity index (χ2v) is 7.65. The minimum absolute atomic E-state index is 0.0439. The number of terminal acetylenes is 1. The van der Waals surface area contributed by atoms with Gasteiger partial charge in [0.1, 0.15) is 6.04 Å². The lowest BCUT2D eigenvalue weighted by atomic mass is 10.1. The summed E-state index contributed by atoms with van der Waals surface area (Å²) in [6.07, 6.45) is 6.33. The van der Waals surface area contributed by atoms with Crippen molar-refractivity contribution in [2.45, 2.75) is 18.6 Å². The number of aliphatic hydroxyl groups is 1. The van der Waals surface area contributed by atoms with E-state index in [0.29, 0.717) is 22.6 Å². The zero-order chi connectivity index (χ0) is 23.4. The third kappa shape index (κ3) is 4.95. The van der Waals surface area contributed by atoms with Gasteiger partial charge >= 0.3 is 6.03 Å². The molecule has 0 saturated carbocycles. The van der Waals surface area contributed by atoms with Crippen molar-refractivity contribution >= 4 is 23.3 Å². The molecule has 3 aromatic rings. The van der Waals surface area contributed by atoms with E-state index in [-0.39, 0.29) is 18.5 Å². The van der Waals surface area contributed by atoms with Crippen LogP contribution in [0.2, 0.25) is 0 Å². The molecule has 166 valence electrons. The third-order valence-electron chi connectivity index (χ3n) is 5.38. The predicted octanol–water partition coefficient (Wildman–Crippen LogP) is 2.42. The largest absolute Gasteiger partial charge is 0.391 e. The number of β-amino-alcohol motifs (C(OH)–C–C–N with tert-alkyl or cyclic N) is 1. The molecule has 1 aliphatic heterocycles. The number of benzene rings is 2. The van der Waals surface area contributed by atoms with Crippen LogP contribution in [0.25, 0.3) is 5.69 Å². The number of nitrogens with one attached hydrogen (secondary N) is 2. The quantitative estimate of drug-likeness (QED) is 0.540. The lowest BCUT2D eigenvalue weighted by molar-refractivity contribution is -0.119. The van der Waals surface area contributed by atoms with Crippen molar-refractivity contribution in [1.29, 1.82) is 0 Å². The standard InChI is InChI=1S/C25H22N4O4/c1-2-17-6-8-19(9-7-17)27-25(33)29-16-21(30)15-22(29)24(32)26-18-10-12-20(13-11-18)28-14-4-3-5-23(28)31/h1,3-14,21-22,30H,15-16H2,(H,26,32)(H,27,33)/t21-,22-/m1/s1. The smallest absolute Gasteiger partial charge is 0.322 e. The van der Waals surface area contributed by atoms with E-state index in [1.165, 1.54) is 15.5 Å². The summed E-state index contributed by atoms with van der Waals surface area (Å²) in [6.45, 7) is 0.0439. The topological polar surface area (TPSA) is 104 Å². The molecular formula is C25H22N4O4. The maximum atomic E-state index is 12.9. The predicted molar refractivity (Wildman–Crippen MR) is 125 cm³/mol. The number of hydrogen-bond donors (Lipinski definition) is 3. The van der Waals surface area contributed by atoms with Gasteiger partial charge < -0.3 is 20.6 Å². The number of rotatable bonds is 4. The van der Waals surface area contributed by atoms with Crippen molar-refractivity contribution in [3.8, 4) is 18.0 Å². The molecule has 0 radical (unpaired) electrons. The molecular weight excluding hydrogens is 420 g/mol. The first-order valence-corrected chi connectivity index (χ1v) is 10.4. The van der Waals surface area contributed by atoms with Crippen LogP contribution < -0.4 is 16.2 Å². The number of nitrogens with zero attached hydrogens (tertiary/aromatic N) is 2. The van der Waals surface area contributed by atoms with Gasteiger partial charge in [-0.25, -0.2) is 4.79 Å². The molecule has 1 saturated heterocycles. The summed E-state index contributed by atoms with van der Waals surface area (Å²) in [5, 5.41) is 15.6. The molecule has 3 amide bonds. The van der Waals surface area contributed by atoms with Gasteiger partial charge in [-0.2, -0.15) is 0 Å². The highest BCUT2D eigenvalue weighted by atomic mass is 16.3. The van der Waals surface area contributed by atoms with Gasteiger partial charge in [0.15, 0.2) is 0 Å². The number of carbonyl (C=O) groups is 2.